The zero-order valence-corrected chi connectivity index (χ0v) is 12.7. The fourth-order valence-electron chi connectivity index (χ4n) is 2.04. The summed E-state index contributed by atoms with van der Waals surface area (Å²) in [7, 11) is 1.65. The number of methoxy groups -OCH3 is 1. The molecule has 0 aliphatic rings. The van der Waals surface area contributed by atoms with Crippen LogP contribution in [0.3, 0.4) is 0 Å². The van der Waals surface area contributed by atoms with Crippen LogP contribution in [0.4, 0.5) is 0 Å². The summed E-state index contributed by atoms with van der Waals surface area (Å²) in [4.78, 5) is 0.794. The van der Waals surface area contributed by atoms with E-state index in [2.05, 4.69) is 26.7 Å². The molecule has 0 radical (unpaired) electrons. The maximum absolute atomic E-state index is 5.17. The third-order valence-corrected chi connectivity index (χ3v) is 4.74. The van der Waals surface area contributed by atoms with Gasteiger partial charge in [0.15, 0.2) is 5.82 Å². The van der Waals surface area contributed by atoms with Crippen LogP contribution in [0.5, 0.6) is 5.75 Å². The Hall–Kier alpha value is -2.25. The van der Waals surface area contributed by atoms with Crippen molar-refractivity contribution < 1.29 is 4.74 Å². The number of fused-ring (bicyclic) bond motifs is 1. The number of aromatic nitrogens is 4. The largest absolute Gasteiger partial charge is 0.497 e. The van der Waals surface area contributed by atoms with E-state index in [1.165, 1.54) is 11.3 Å². The monoisotopic (exact) mass is 314 g/mol. The van der Waals surface area contributed by atoms with Crippen LogP contribution in [0.25, 0.3) is 26.9 Å². The van der Waals surface area contributed by atoms with Gasteiger partial charge < -0.3 is 4.74 Å². The number of ether oxygens (including phenoxy) is 1. The molecule has 0 saturated heterocycles. The van der Waals surface area contributed by atoms with Crippen molar-refractivity contribution in [3.63, 3.8) is 0 Å². The van der Waals surface area contributed by atoms with E-state index in [1.54, 1.807) is 23.0 Å². The minimum absolute atomic E-state index is 0.741. The van der Waals surface area contributed by atoms with Crippen molar-refractivity contribution in [3.8, 4) is 27.7 Å². The standard InChI is InChI=1S/C14H10N4OS2/c1-19-11-4-2-9(3-5-11)12-15-16-14-18(12)17-13(21-14)10-6-7-20-8-10/h2-8H,1H3. The molecule has 0 fully saturated rings. The van der Waals surface area contributed by atoms with Crippen molar-refractivity contribution in [2.75, 3.05) is 7.11 Å². The predicted molar refractivity (Wildman–Crippen MR) is 84.0 cm³/mol. The quantitative estimate of drug-likeness (QED) is 0.580. The molecule has 0 N–H and O–H groups in total. The van der Waals surface area contributed by atoms with Crippen LogP contribution in [0, 0.1) is 0 Å². The molecule has 0 saturated carbocycles. The maximum atomic E-state index is 5.17. The lowest BCUT2D eigenvalue weighted by Crippen LogP contribution is -1.91. The molecular formula is C14H10N4OS2. The normalized spacial score (nSPS) is 11.1. The van der Waals surface area contributed by atoms with E-state index in [4.69, 9.17) is 4.74 Å². The zero-order chi connectivity index (χ0) is 14.2. The summed E-state index contributed by atoms with van der Waals surface area (Å²) >= 11 is 3.20. The van der Waals surface area contributed by atoms with Gasteiger partial charge in [0.1, 0.15) is 10.8 Å². The van der Waals surface area contributed by atoms with Gasteiger partial charge in [0.05, 0.1) is 7.11 Å². The molecule has 0 spiro atoms. The molecule has 0 amide bonds. The Bertz CT molecular complexity index is 878. The van der Waals surface area contributed by atoms with E-state index in [1.807, 2.05) is 29.6 Å². The first-order chi connectivity index (χ1) is 10.3. The number of nitrogens with zero attached hydrogens (tertiary/aromatic N) is 4. The average molecular weight is 314 g/mol. The topological polar surface area (TPSA) is 52.3 Å². The van der Waals surface area contributed by atoms with E-state index in [0.29, 0.717) is 0 Å². The number of benzene rings is 1. The molecule has 0 aliphatic carbocycles. The predicted octanol–water partition coefficient (Wildman–Crippen LogP) is 3.59. The van der Waals surface area contributed by atoms with Crippen LogP contribution in [-0.2, 0) is 0 Å². The van der Waals surface area contributed by atoms with Gasteiger partial charge in [-0.15, -0.1) is 10.2 Å². The van der Waals surface area contributed by atoms with Crippen LogP contribution in [0.15, 0.2) is 41.1 Å². The fourth-order valence-corrected chi connectivity index (χ4v) is 3.59. The Morgan fingerprint density at radius 2 is 1.90 bits per heavy atom. The second-order valence-electron chi connectivity index (χ2n) is 4.37. The van der Waals surface area contributed by atoms with Gasteiger partial charge in [-0.2, -0.15) is 21.0 Å². The molecule has 104 valence electrons. The smallest absolute Gasteiger partial charge is 0.235 e. The summed E-state index contributed by atoms with van der Waals surface area (Å²) in [5.41, 5.74) is 2.08. The number of hydrogen-bond donors (Lipinski definition) is 0. The van der Waals surface area contributed by atoms with Gasteiger partial charge in [-0.25, -0.2) is 0 Å². The van der Waals surface area contributed by atoms with Crippen molar-refractivity contribution in [2.24, 2.45) is 0 Å². The number of hydrogen-bond acceptors (Lipinski definition) is 6. The lowest BCUT2D eigenvalue weighted by molar-refractivity contribution is 0.415. The van der Waals surface area contributed by atoms with Crippen molar-refractivity contribution in [2.45, 2.75) is 0 Å². The molecule has 0 bridgehead atoms. The van der Waals surface area contributed by atoms with Gasteiger partial charge in [-0.1, -0.05) is 11.3 Å². The van der Waals surface area contributed by atoms with Crippen LogP contribution < -0.4 is 4.74 Å². The highest BCUT2D eigenvalue weighted by molar-refractivity contribution is 7.20. The molecule has 5 nitrogen and oxygen atoms in total. The first kappa shape index (κ1) is 12.5. The number of rotatable bonds is 3. The summed E-state index contributed by atoms with van der Waals surface area (Å²) in [5, 5.41) is 18.1. The zero-order valence-electron chi connectivity index (χ0n) is 11.1. The molecule has 4 aromatic rings. The van der Waals surface area contributed by atoms with Gasteiger partial charge >= 0.3 is 0 Å². The van der Waals surface area contributed by atoms with Crippen molar-refractivity contribution >= 4 is 27.6 Å². The SMILES string of the molecule is COc1ccc(-c2nnc3sc(-c4ccsc4)nn23)cc1. The van der Waals surface area contributed by atoms with Crippen LogP contribution in [0.1, 0.15) is 0 Å². The molecule has 0 atom stereocenters. The summed E-state index contributed by atoms with van der Waals surface area (Å²) < 4.78 is 6.96. The first-order valence-electron chi connectivity index (χ1n) is 6.24. The molecule has 1 aromatic carbocycles. The molecule has 3 heterocycles. The maximum Gasteiger partial charge on any atom is 0.235 e. The fraction of sp³-hybridized carbons (Fsp3) is 0.0714. The summed E-state index contributed by atoms with van der Waals surface area (Å²) in [5.74, 6) is 1.56. The van der Waals surface area contributed by atoms with Gasteiger partial charge in [0.2, 0.25) is 4.96 Å². The molecule has 4 rings (SSSR count). The molecule has 0 aliphatic heterocycles. The van der Waals surface area contributed by atoms with E-state index < -0.39 is 0 Å². The lowest BCUT2D eigenvalue weighted by Gasteiger charge is -2.00. The van der Waals surface area contributed by atoms with Gasteiger partial charge in [-0.3, -0.25) is 0 Å². The highest BCUT2D eigenvalue weighted by Gasteiger charge is 2.14. The van der Waals surface area contributed by atoms with E-state index >= 15 is 0 Å². The third kappa shape index (κ3) is 2.10. The number of thiophene rings is 1. The van der Waals surface area contributed by atoms with Crippen molar-refractivity contribution in [1.29, 1.82) is 0 Å². The van der Waals surface area contributed by atoms with Gasteiger partial charge in [0.25, 0.3) is 0 Å². The van der Waals surface area contributed by atoms with Crippen LogP contribution in [0.2, 0.25) is 0 Å². The molecule has 21 heavy (non-hydrogen) atoms. The Balaban J connectivity index is 1.81. The van der Waals surface area contributed by atoms with Crippen molar-refractivity contribution in [3.05, 3.63) is 41.1 Å². The minimum Gasteiger partial charge on any atom is -0.497 e. The second kappa shape index (κ2) is 4.94. The first-order valence-corrected chi connectivity index (χ1v) is 8.00. The van der Waals surface area contributed by atoms with Gasteiger partial charge in [0, 0.05) is 16.5 Å². The molecule has 0 unspecified atom stereocenters. The third-order valence-electron chi connectivity index (χ3n) is 3.11. The van der Waals surface area contributed by atoms with Gasteiger partial charge in [-0.05, 0) is 35.7 Å². The summed E-state index contributed by atoms with van der Waals surface area (Å²) in [6.07, 6.45) is 0. The Labute approximate surface area is 128 Å². The van der Waals surface area contributed by atoms with E-state index in [9.17, 15) is 0 Å². The van der Waals surface area contributed by atoms with Crippen LogP contribution in [-0.4, -0.2) is 26.9 Å². The Morgan fingerprint density at radius 3 is 2.62 bits per heavy atom. The lowest BCUT2D eigenvalue weighted by atomic mass is 10.2. The molecule has 3 aromatic heterocycles. The van der Waals surface area contributed by atoms with E-state index in [0.717, 1.165) is 32.7 Å². The minimum atomic E-state index is 0.741. The second-order valence-corrected chi connectivity index (χ2v) is 6.10. The Morgan fingerprint density at radius 1 is 1.05 bits per heavy atom. The summed E-state index contributed by atoms with van der Waals surface area (Å²) in [6, 6.07) is 9.78. The van der Waals surface area contributed by atoms with Crippen molar-refractivity contribution in [1.82, 2.24) is 19.8 Å². The average Bonchev–Trinajstić information content (AvgIpc) is 3.23. The van der Waals surface area contributed by atoms with E-state index in [-0.39, 0.29) is 0 Å². The molecule has 7 heteroatoms. The highest BCUT2D eigenvalue weighted by atomic mass is 32.1. The summed E-state index contributed by atoms with van der Waals surface area (Å²) in [6.45, 7) is 0. The molecular weight excluding hydrogens is 304 g/mol. The Kier molecular flexibility index (Phi) is 2.94. The van der Waals surface area contributed by atoms with Crippen LogP contribution >= 0.6 is 22.7 Å². The highest BCUT2D eigenvalue weighted by Crippen LogP contribution is 2.29.